The summed E-state index contributed by atoms with van der Waals surface area (Å²) < 4.78 is 0. The number of carbonyl (C=O) groups is 3. The summed E-state index contributed by atoms with van der Waals surface area (Å²) >= 11 is 0. The number of hydrogen-bond donors (Lipinski definition) is 2. The van der Waals surface area contributed by atoms with Crippen LogP contribution in [-0.4, -0.2) is 39.0 Å². The highest BCUT2D eigenvalue weighted by Gasteiger charge is 2.57. The first-order chi connectivity index (χ1) is 8.31. The maximum atomic E-state index is 12.4. The molecule has 0 unspecified atom stereocenters. The second-order valence-electron chi connectivity index (χ2n) is 5.58. The predicted octanol–water partition coefficient (Wildman–Crippen LogP) is 1.10. The van der Waals surface area contributed by atoms with E-state index < -0.39 is 23.1 Å². The van der Waals surface area contributed by atoms with Crippen LogP contribution in [-0.2, 0) is 9.59 Å². The Morgan fingerprint density at radius 2 is 1.83 bits per heavy atom. The van der Waals surface area contributed by atoms with Crippen LogP contribution in [0.5, 0.6) is 0 Å². The van der Waals surface area contributed by atoms with E-state index in [2.05, 4.69) is 5.32 Å². The van der Waals surface area contributed by atoms with Gasteiger partial charge < -0.3 is 10.4 Å². The topological polar surface area (TPSA) is 86.7 Å². The fraction of sp³-hybridized carbons (Fsp3) is 0.750. The Morgan fingerprint density at radius 3 is 2.33 bits per heavy atom. The van der Waals surface area contributed by atoms with Crippen molar-refractivity contribution < 1.29 is 19.5 Å². The molecule has 1 aliphatic heterocycles. The number of hydrogen-bond acceptors (Lipinski definition) is 3. The summed E-state index contributed by atoms with van der Waals surface area (Å²) in [4.78, 5) is 36.4. The van der Waals surface area contributed by atoms with Crippen molar-refractivity contribution in [3.63, 3.8) is 0 Å². The molecule has 2 rings (SSSR count). The molecular formula is C12H18N2O4. The van der Waals surface area contributed by atoms with Crippen LogP contribution in [0.2, 0.25) is 0 Å². The quantitative estimate of drug-likeness (QED) is 0.722. The van der Waals surface area contributed by atoms with Crippen LogP contribution in [0.1, 0.15) is 46.0 Å². The highest BCUT2D eigenvalue weighted by Crippen LogP contribution is 2.36. The number of amides is 3. The van der Waals surface area contributed by atoms with Crippen LogP contribution in [0.25, 0.3) is 0 Å². The van der Waals surface area contributed by atoms with Gasteiger partial charge in [-0.05, 0) is 26.7 Å². The molecule has 100 valence electrons. The van der Waals surface area contributed by atoms with Gasteiger partial charge in [-0.2, -0.15) is 0 Å². The fourth-order valence-corrected chi connectivity index (χ4v) is 2.72. The van der Waals surface area contributed by atoms with Gasteiger partial charge in [0.15, 0.2) is 0 Å². The number of nitrogens with one attached hydrogen (secondary N) is 1. The Hall–Kier alpha value is -1.59. The monoisotopic (exact) mass is 254 g/mol. The average molecular weight is 254 g/mol. The van der Waals surface area contributed by atoms with E-state index >= 15 is 0 Å². The van der Waals surface area contributed by atoms with Crippen molar-refractivity contribution in [3.05, 3.63) is 0 Å². The molecule has 3 amide bonds. The van der Waals surface area contributed by atoms with Crippen molar-refractivity contribution in [2.45, 2.75) is 57.0 Å². The standard InChI is InChI=1S/C12H18N2O4/c1-11(2,9(16)17)14-8(15)12(13-10(14)18)6-4-3-5-7-12/h3-7H2,1-2H3,(H,13,18)(H,16,17). The number of rotatable bonds is 2. The highest BCUT2D eigenvalue weighted by molar-refractivity contribution is 6.10. The van der Waals surface area contributed by atoms with Gasteiger partial charge in [0.2, 0.25) is 0 Å². The van der Waals surface area contributed by atoms with Crippen molar-refractivity contribution in [1.29, 1.82) is 0 Å². The van der Waals surface area contributed by atoms with Gasteiger partial charge in [-0.3, -0.25) is 4.79 Å². The minimum absolute atomic E-state index is 0.389. The Bertz CT molecular complexity index is 410. The maximum Gasteiger partial charge on any atom is 0.329 e. The second kappa shape index (κ2) is 3.96. The summed E-state index contributed by atoms with van der Waals surface area (Å²) in [7, 11) is 0. The van der Waals surface area contributed by atoms with Gasteiger partial charge in [0.05, 0.1) is 0 Å². The highest BCUT2D eigenvalue weighted by atomic mass is 16.4. The lowest BCUT2D eigenvalue weighted by atomic mass is 9.81. The molecule has 1 saturated heterocycles. The van der Waals surface area contributed by atoms with Crippen molar-refractivity contribution >= 4 is 17.9 Å². The molecule has 2 aliphatic rings. The van der Waals surface area contributed by atoms with Gasteiger partial charge >= 0.3 is 12.0 Å². The van der Waals surface area contributed by atoms with E-state index in [4.69, 9.17) is 5.11 Å². The Labute approximate surface area is 105 Å². The van der Waals surface area contributed by atoms with Gasteiger partial charge in [0.25, 0.3) is 5.91 Å². The number of carboxylic acids is 1. The molecule has 1 heterocycles. The van der Waals surface area contributed by atoms with Gasteiger partial charge in [-0.25, -0.2) is 14.5 Å². The lowest BCUT2D eigenvalue weighted by Crippen LogP contribution is -2.55. The maximum absolute atomic E-state index is 12.4. The van der Waals surface area contributed by atoms with Crippen LogP contribution in [0, 0.1) is 0 Å². The van der Waals surface area contributed by atoms with Gasteiger partial charge in [-0.15, -0.1) is 0 Å². The van der Waals surface area contributed by atoms with E-state index in [1.807, 2.05) is 0 Å². The molecule has 2 N–H and O–H groups in total. The number of nitrogens with zero attached hydrogens (tertiary/aromatic N) is 1. The van der Waals surface area contributed by atoms with Crippen molar-refractivity contribution in [2.75, 3.05) is 0 Å². The SMILES string of the molecule is CC(C)(C(=O)O)N1C(=O)NC2(CCCCC2)C1=O. The number of urea groups is 1. The minimum atomic E-state index is -1.51. The molecule has 0 aromatic heterocycles. The summed E-state index contributed by atoms with van der Waals surface area (Å²) in [5, 5.41) is 11.9. The summed E-state index contributed by atoms with van der Waals surface area (Å²) in [6, 6.07) is -0.589. The van der Waals surface area contributed by atoms with Gasteiger partial charge in [0, 0.05) is 0 Å². The van der Waals surface area contributed by atoms with Crippen LogP contribution in [0.15, 0.2) is 0 Å². The number of aliphatic carboxylic acids is 1. The third-order valence-corrected chi connectivity index (χ3v) is 3.95. The normalized spacial score (nSPS) is 23.3. The van der Waals surface area contributed by atoms with Crippen LogP contribution in [0.3, 0.4) is 0 Å². The fourth-order valence-electron chi connectivity index (χ4n) is 2.72. The zero-order valence-electron chi connectivity index (χ0n) is 10.7. The summed E-state index contributed by atoms with van der Waals surface area (Å²) in [5.74, 6) is -1.57. The largest absolute Gasteiger partial charge is 0.480 e. The molecule has 2 fully saturated rings. The first-order valence-electron chi connectivity index (χ1n) is 6.21. The second-order valence-corrected chi connectivity index (χ2v) is 5.58. The summed E-state index contributed by atoms with van der Waals surface area (Å²) in [5.41, 5.74) is -2.37. The van der Waals surface area contributed by atoms with E-state index in [-0.39, 0.29) is 5.91 Å². The van der Waals surface area contributed by atoms with E-state index in [1.54, 1.807) is 0 Å². The molecule has 6 nitrogen and oxygen atoms in total. The summed E-state index contributed by atoms with van der Waals surface area (Å²) in [6.45, 7) is 2.74. The van der Waals surface area contributed by atoms with E-state index in [0.717, 1.165) is 24.2 Å². The Kier molecular flexibility index (Phi) is 2.83. The van der Waals surface area contributed by atoms with Crippen molar-refractivity contribution in [3.8, 4) is 0 Å². The lowest BCUT2D eigenvalue weighted by molar-refractivity contribution is -0.153. The van der Waals surface area contributed by atoms with E-state index in [1.165, 1.54) is 13.8 Å². The van der Waals surface area contributed by atoms with E-state index in [9.17, 15) is 14.4 Å². The average Bonchev–Trinajstić information content (AvgIpc) is 2.51. The molecule has 0 aromatic carbocycles. The number of imide groups is 1. The van der Waals surface area contributed by atoms with E-state index in [0.29, 0.717) is 12.8 Å². The molecule has 1 aliphatic carbocycles. The third-order valence-electron chi connectivity index (χ3n) is 3.95. The summed E-state index contributed by atoms with van der Waals surface area (Å²) in [6.07, 6.45) is 4.02. The molecule has 1 spiro atoms. The van der Waals surface area contributed by atoms with Crippen LogP contribution >= 0.6 is 0 Å². The molecule has 0 aromatic rings. The molecule has 0 atom stereocenters. The Morgan fingerprint density at radius 1 is 1.28 bits per heavy atom. The first-order valence-corrected chi connectivity index (χ1v) is 6.21. The minimum Gasteiger partial charge on any atom is -0.480 e. The molecule has 1 saturated carbocycles. The molecule has 18 heavy (non-hydrogen) atoms. The molecule has 6 heteroatoms. The van der Waals surface area contributed by atoms with Gasteiger partial charge in [0.1, 0.15) is 11.1 Å². The van der Waals surface area contributed by atoms with Crippen LogP contribution in [0.4, 0.5) is 4.79 Å². The van der Waals surface area contributed by atoms with Crippen molar-refractivity contribution in [1.82, 2.24) is 10.2 Å². The smallest absolute Gasteiger partial charge is 0.329 e. The van der Waals surface area contributed by atoms with Crippen molar-refractivity contribution in [2.24, 2.45) is 0 Å². The Balaban J connectivity index is 2.32. The zero-order chi connectivity index (χ0) is 13.6. The molecule has 0 bridgehead atoms. The number of carboxylic acid groups (broad SMARTS) is 1. The third kappa shape index (κ3) is 1.67. The predicted molar refractivity (Wildman–Crippen MR) is 62.9 cm³/mol. The van der Waals surface area contributed by atoms with Gasteiger partial charge in [-0.1, -0.05) is 19.3 Å². The lowest BCUT2D eigenvalue weighted by Gasteiger charge is -2.33. The zero-order valence-corrected chi connectivity index (χ0v) is 10.7. The van der Waals surface area contributed by atoms with Crippen LogP contribution < -0.4 is 5.32 Å². The molecular weight excluding hydrogens is 236 g/mol. The first kappa shape index (κ1) is 12.9. The number of carbonyl (C=O) groups excluding carboxylic acids is 2. The molecule has 0 radical (unpaired) electrons.